The van der Waals surface area contributed by atoms with Crippen LogP contribution in [0.15, 0.2) is 11.6 Å². The number of allylic oxidation sites excluding steroid dienone is 1. The normalized spacial score (nSPS) is 39.4. The van der Waals surface area contributed by atoms with Gasteiger partial charge in [0.2, 0.25) is 0 Å². The van der Waals surface area contributed by atoms with E-state index in [1.807, 2.05) is 0 Å². The lowest BCUT2D eigenvalue weighted by atomic mass is 9.47. The Balaban J connectivity index is 0.000000619. The van der Waals surface area contributed by atoms with Gasteiger partial charge >= 0.3 is 5.97 Å². The van der Waals surface area contributed by atoms with Gasteiger partial charge in [-0.2, -0.15) is 0 Å². The number of alkyl halides is 1. The van der Waals surface area contributed by atoms with Crippen LogP contribution < -0.4 is 6.15 Å². The molecule has 4 rings (SSSR count). The molecule has 34 heavy (non-hydrogen) atoms. The van der Waals surface area contributed by atoms with Crippen LogP contribution in [0.2, 0.25) is 0 Å². The van der Waals surface area contributed by atoms with Gasteiger partial charge in [-0.05, 0) is 97.7 Å². The second kappa shape index (κ2) is 12.1. The Bertz CT molecular complexity index is 709. The molecule has 0 aromatic rings. The van der Waals surface area contributed by atoms with E-state index in [4.69, 9.17) is 16.7 Å². The highest BCUT2D eigenvalue weighted by Crippen LogP contribution is 2.67. The van der Waals surface area contributed by atoms with Gasteiger partial charge in [0.1, 0.15) is 5.88 Å². The Labute approximate surface area is 213 Å². The maximum Gasteiger partial charge on any atom is 0.318 e. The first kappa shape index (κ1) is 29.6. The maximum absolute atomic E-state index is 10.2. The molecule has 4 aliphatic rings. The molecule has 198 valence electrons. The van der Waals surface area contributed by atoms with Crippen LogP contribution in [-0.2, 0) is 4.79 Å². The van der Waals surface area contributed by atoms with Gasteiger partial charge in [0, 0.05) is 0 Å². The van der Waals surface area contributed by atoms with Crippen LogP contribution in [0.1, 0.15) is 105 Å². The molecule has 0 radical (unpaired) electrons. The SMILES string of the molecule is CC(C)CCCC(C)[C@H]1CC[C@H]2[C@@H]3CC=C4C[C@@H](O)CC[C@]4(C)[C@H]3CC[C@]12C.N.O=C(O)CCl. The lowest BCUT2D eigenvalue weighted by Gasteiger charge is -2.58. The zero-order valence-electron chi connectivity index (χ0n) is 22.5. The summed E-state index contributed by atoms with van der Waals surface area (Å²) in [5, 5.41) is 17.8. The minimum absolute atomic E-state index is 0. The third-order valence-corrected chi connectivity index (χ3v) is 10.6. The van der Waals surface area contributed by atoms with E-state index in [9.17, 15) is 9.90 Å². The fourth-order valence-corrected chi connectivity index (χ4v) is 8.67. The van der Waals surface area contributed by atoms with Gasteiger partial charge < -0.3 is 16.4 Å². The van der Waals surface area contributed by atoms with Crippen LogP contribution >= 0.6 is 11.6 Å². The Kier molecular flexibility index (Phi) is 10.6. The maximum atomic E-state index is 10.2. The number of rotatable bonds is 6. The van der Waals surface area contributed by atoms with Gasteiger partial charge in [-0.3, -0.25) is 4.79 Å². The summed E-state index contributed by atoms with van der Waals surface area (Å²) in [6.07, 6.45) is 17.2. The average Bonchev–Trinajstić information content (AvgIpc) is 3.11. The minimum atomic E-state index is -0.980. The molecule has 0 heterocycles. The lowest BCUT2D eigenvalue weighted by molar-refractivity contribution is -0.134. The van der Waals surface area contributed by atoms with Crippen molar-refractivity contribution in [2.45, 2.75) is 111 Å². The van der Waals surface area contributed by atoms with Crippen molar-refractivity contribution in [3.63, 3.8) is 0 Å². The van der Waals surface area contributed by atoms with Crippen molar-refractivity contribution in [1.82, 2.24) is 6.15 Å². The number of aliphatic carboxylic acids is 1. The Hall–Kier alpha value is -0.580. The van der Waals surface area contributed by atoms with E-state index in [0.29, 0.717) is 10.8 Å². The summed E-state index contributed by atoms with van der Waals surface area (Å²) < 4.78 is 0. The van der Waals surface area contributed by atoms with Crippen molar-refractivity contribution in [3.8, 4) is 0 Å². The molecule has 5 heteroatoms. The van der Waals surface area contributed by atoms with Crippen LogP contribution in [-0.4, -0.2) is 28.2 Å². The van der Waals surface area contributed by atoms with Crippen molar-refractivity contribution in [2.75, 3.05) is 5.88 Å². The van der Waals surface area contributed by atoms with Gasteiger partial charge in [0.25, 0.3) is 0 Å². The molecule has 1 unspecified atom stereocenters. The molecule has 0 aromatic carbocycles. The Morgan fingerprint density at radius 3 is 2.38 bits per heavy atom. The molecule has 0 aromatic heterocycles. The molecule has 0 amide bonds. The number of aliphatic hydroxyl groups excluding tert-OH is 1. The van der Waals surface area contributed by atoms with E-state index >= 15 is 0 Å². The number of carboxylic acids is 1. The summed E-state index contributed by atoms with van der Waals surface area (Å²) >= 11 is 4.74. The van der Waals surface area contributed by atoms with E-state index in [-0.39, 0.29) is 18.1 Å². The highest BCUT2D eigenvalue weighted by atomic mass is 35.5. The largest absolute Gasteiger partial charge is 0.480 e. The Morgan fingerprint density at radius 2 is 1.76 bits per heavy atom. The summed E-state index contributed by atoms with van der Waals surface area (Å²) in [5.74, 6) is 4.17. The fraction of sp³-hybridized carbons (Fsp3) is 0.897. The van der Waals surface area contributed by atoms with Crippen molar-refractivity contribution < 1.29 is 15.0 Å². The Morgan fingerprint density at radius 1 is 1.09 bits per heavy atom. The van der Waals surface area contributed by atoms with Crippen LogP contribution in [0.25, 0.3) is 0 Å². The number of halogens is 1. The van der Waals surface area contributed by atoms with E-state index in [1.54, 1.807) is 5.57 Å². The van der Waals surface area contributed by atoms with Gasteiger partial charge in [-0.1, -0.05) is 65.5 Å². The molecular formula is C29H52ClNO3. The topological polar surface area (TPSA) is 92.5 Å². The summed E-state index contributed by atoms with van der Waals surface area (Å²) in [4.78, 5) is 9.24. The molecule has 3 saturated carbocycles. The van der Waals surface area contributed by atoms with Crippen molar-refractivity contribution in [2.24, 2.45) is 46.3 Å². The van der Waals surface area contributed by atoms with Crippen LogP contribution in [0.4, 0.5) is 0 Å². The average molecular weight is 498 g/mol. The molecule has 8 atom stereocenters. The van der Waals surface area contributed by atoms with Gasteiger partial charge in [-0.25, -0.2) is 0 Å². The van der Waals surface area contributed by atoms with Crippen LogP contribution in [0, 0.1) is 46.3 Å². The molecule has 4 aliphatic carbocycles. The molecule has 5 N–H and O–H groups in total. The predicted molar refractivity (Wildman–Crippen MR) is 142 cm³/mol. The molecule has 0 bridgehead atoms. The highest BCUT2D eigenvalue weighted by molar-refractivity contribution is 6.26. The van der Waals surface area contributed by atoms with Gasteiger partial charge in [0.15, 0.2) is 0 Å². The first-order chi connectivity index (χ1) is 15.5. The van der Waals surface area contributed by atoms with Crippen molar-refractivity contribution in [3.05, 3.63) is 11.6 Å². The number of aliphatic hydroxyl groups is 1. The predicted octanol–water partition coefficient (Wildman–Crippen LogP) is 7.86. The third-order valence-electron chi connectivity index (χ3n) is 10.4. The molecule has 0 aliphatic heterocycles. The first-order valence-corrected chi connectivity index (χ1v) is 14.2. The quantitative estimate of drug-likeness (QED) is 0.257. The number of carboxylic acid groups (broad SMARTS) is 1. The number of hydrogen-bond donors (Lipinski definition) is 3. The number of fused-ring (bicyclic) bond motifs is 5. The smallest absolute Gasteiger partial charge is 0.318 e. The summed E-state index contributed by atoms with van der Waals surface area (Å²) in [6, 6.07) is 0. The second-order valence-corrected chi connectivity index (χ2v) is 13.0. The van der Waals surface area contributed by atoms with E-state index in [1.165, 1.54) is 57.8 Å². The van der Waals surface area contributed by atoms with Crippen LogP contribution in [0.5, 0.6) is 0 Å². The van der Waals surface area contributed by atoms with Crippen LogP contribution in [0.3, 0.4) is 0 Å². The second-order valence-electron chi connectivity index (χ2n) is 12.7. The number of carbonyl (C=O) groups is 1. The fourth-order valence-electron chi connectivity index (χ4n) is 8.67. The monoisotopic (exact) mass is 497 g/mol. The summed E-state index contributed by atoms with van der Waals surface area (Å²) in [5.41, 5.74) is 2.60. The number of hydrogen-bond acceptors (Lipinski definition) is 3. The highest BCUT2D eigenvalue weighted by Gasteiger charge is 2.59. The molecule has 0 spiro atoms. The standard InChI is InChI=1S/C27H46O.C2H3ClO2.H3N/c1-18(2)7-6-8-19(3)23-11-12-24-22-10-9-20-17-21(28)13-15-26(20,4)25(22)14-16-27(23,24)5;3-1-2(4)5;/h9,18-19,21-25,28H,6-8,10-17H2,1-5H3;1H2,(H,4,5);1H3/t19?,21-,22-,23+,24-,25-,26-,27+;;/m0../s1. The minimum Gasteiger partial charge on any atom is -0.480 e. The van der Waals surface area contributed by atoms with E-state index < -0.39 is 5.97 Å². The van der Waals surface area contributed by atoms with E-state index in [2.05, 4.69) is 40.7 Å². The van der Waals surface area contributed by atoms with Gasteiger partial charge in [0.05, 0.1) is 6.10 Å². The van der Waals surface area contributed by atoms with Gasteiger partial charge in [-0.15, -0.1) is 11.6 Å². The first-order valence-electron chi connectivity index (χ1n) is 13.7. The van der Waals surface area contributed by atoms with E-state index in [0.717, 1.165) is 48.3 Å². The summed E-state index contributed by atoms with van der Waals surface area (Å²) in [7, 11) is 0. The third kappa shape index (κ3) is 6.03. The zero-order valence-corrected chi connectivity index (χ0v) is 23.2. The zero-order chi connectivity index (χ0) is 24.4. The molecular weight excluding hydrogens is 446 g/mol. The molecule has 4 nitrogen and oxygen atoms in total. The molecule has 3 fully saturated rings. The molecule has 0 saturated heterocycles. The van der Waals surface area contributed by atoms with Crippen molar-refractivity contribution in [1.29, 1.82) is 0 Å². The lowest BCUT2D eigenvalue weighted by Crippen LogP contribution is -2.50. The van der Waals surface area contributed by atoms with Crippen molar-refractivity contribution >= 4 is 17.6 Å². The summed E-state index contributed by atoms with van der Waals surface area (Å²) in [6.45, 7) is 12.6.